The summed E-state index contributed by atoms with van der Waals surface area (Å²) in [5.74, 6) is 0. The van der Waals surface area contributed by atoms with Crippen molar-refractivity contribution < 1.29 is 4.57 Å². The quantitative estimate of drug-likeness (QED) is 0.593. The van der Waals surface area contributed by atoms with E-state index in [9.17, 15) is 0 Å². The zero-order valence-electron chi connectivity index (χ0n) is 12.2. The van der Waals surface area contributed by atoms with E-state index in [-0.39, 0.29) is 0 Å². The molecule has 0 saturated heterocycles. The molecule has 0 spiro atoms. The van der Waals surface area contributed by atoms with Crippen molar-refractivity contribution in [3.8, 4) is 0 Å². The third kappa shape index (κ3) is 2.76. The summed E-state index contributed by atoms with van der Waals surface area (Å²) in [6, 6.07) is 16.3. The first kappa shape index (κ1) is 13.6. The summed E-state index contributed by atoms with van der Waals surface area (Å²) in [5, 5.41) is 1.19. The van der Waals surface area contributed by atoms with Gasteiger partial charge in [-0.05, 0) is 24.3 Å². The lowest BCUT2D eigenvalue weighted by Gasteiger charge is -2.12. The molecule has 21 heavy (non-hydrogen) atoms. The molecule has 1 aromatic heterocycles. The number of thiazole rings is 1. The molecule has 0 radical (unpaired) electrons. The minimum Gasteiger partial charge on any atom is -0.399 e. The first-order valence-electron chi connectivity index (χ1n) is 6.79. The van der Waals surface area contributed by atoms with Crippen molar-refractivity contribution in [1.29, 1.82) is 0 Å². The number of nitrogens with two attached hydrogens (primary N) is 1. The molecule has 3 nitrogen and oxygen atoms in total. The van der Waals surface area contributed by atoms with Crippen LogP contribution in [0.25, 0.3) is 16.3 Å². The Morgan fingerprint density at radius 2 is 1.90 bits per heavy atom. The van der Waals surface area contributed by atoms with Crippen LogP contribution in [-0.2, 0) is 7.05 Å². The van der Waals surface area contributed by atoms with E-state index in [1.165, 1.54) is 20.9 Å². The van der Waals surface area contributed by atoms with E-state index in [2.05, 4.69) is 54.0 Å². The van der Waals surface area contributed by atoms with Gasteiger partial charge < -0.3 is 10.6 Å². The topological polar surface area (TPSA) is 33.1 Å². The first-order valence-corrected chi connectivity index (χ1v) is 7.61. The predicted molar refractivity (Wildman–Crippen MR) is 91.3 cm³/mol. The van der Waals surface area contributed by atoms with E-state index in [0.717, 1.165) is 5.69 Å². The van der Waals surface area contributed by atoms with E-state index in [1.807, 2.05) is 30.3 Å². The maximum Gasteiger partial charge on any atom is 0.263 e. The van der Waals surface area contributed by atoms with Crippen molar-refractivity contribution in [2.45, 2.75) is 0 Å². The van der Waals surface area contributed by atoms with Gasteiger partial charge in [0.15, 0.2) is 0 Å². The number of hydrogen-bond donors (Lipinski definition) is 1. The molecule has 1 heterocycles. The molecule has 3 rings (SSSR count). The highest BCUT2D eigenvalue weighted by molar-refractivity contribution is 7.18. The van der Waals surface area contributed by atoms with Crippen LogP contribution in [0.15, 0.2) is 54.7 Å². The molecule has 0 saturated carbocycles. The zero-order chi connectivity index (χ0) is 14.8. The summed E-state index contributed by atoms with van der Waals surface area (Å²) in [6.45, 7) is 0. The maximum atomic E-state index is 5.85. The zero-order valence-corrected chi connectivity index (χ0v) is 13.0. The van der Waals surface area contributed by atoms with Gasteiger partial charge in [0.25, 0.3) is 5.01 Å². The van der Waals surface area contributed by atoms with Gasteiger partial charge in [0.2, 0.25) is 5.52 Å². The second kappa shape index (κ2) is 5.58. The molecule has 0 fully saturated rings. The highest BCUT2D eigenvalue weighted by Crippen LogP contribution is 2.23. The lowest BCUT2D eigenvalue weighted by Crippen LogP contribution is -2.29. The van der Waals surface area contributed by atoms with Crippen LogP contribution in [-0.4, -0.2) is 7.05 Å². The van der Waals surface area contributed by atoms with Crippen LogP contribution in [0.3, 0.4) is 0 Å². The molecular weight excluding hydrogens is 278 g/mol. The molecule has 0 aliphatic rings. The van der Waals surface area contributed by atoms with Gasteiger partial charge in [-0.3, -0.25) is 0 Å². The van der Waals surface area contributed by atoms with E-state index < -0.39 is 0 Å². The summed E-state index contributed by atoms with van der Waals surface area (Å²) in [6.07, 6.45) is 4.22. The Bertz CT molecular complexity index is 790. The fourth-order valence-corrected chi connectivity index (χ4v) is 3.35. The van der Waals surface area contributed by atoms with E-state index >= 15 is 0 Å². The predicted octanol–water partition coefficient (Wildman–Crippen LogP) is 3.42. The van der Waals surface area contributed by atoms with Gasteiger partial charge in [0, 0.05) is 36.8 Å². The van der Waals surface area contributed by atoms with Crippen molar-refractivity contribution in [3.05, 3.63) is 59.7 Å². The molecular formula is C17H18N3S+. The van der Waals surface area contributed by atoms with Crippen LogP contribution in [0.5, 0.6) is 0 Å². The van der Waals surface area contributed by atoms with Gasteiger partial charge in [0.05, 0.1) is 0 Å². The summed E-state index contributed by atoms with van der Waals surface area (Å²) < 4.78 is 3.40. The second-order valence-electron chi connectivity index (χ2n) is 4.99. The highest BCUT2D eigenvalue weighted by atomic mass is 32.1. The van der Waals surface area contributed by atoms with Gasteiger partial charge in [-0.15, -0.1) is 0 Å². The van der Waals surface area contributed by atoms with Crippen molar-refractivity contribution in [1.82, 2.24) is 0 Å². The largest absolute Gasteiger partial charge is 0.399 e. The number of rotatable bonds is 3. The van der Waals surface area contributed by atoms with Gasteiger partial charge in [-0.25, -0.2) is 0 Å². The number of hydrogen-bond acceptors (Lipinski definition) is 3. The number of nitrogen functional groups attached to an aromatic ring is 1. The number of aryl methyl sites for hydroxylation is 1. The lowest BCUT2D eigenvalue weighted by atomic mass is 10.3. The van der Waals surface area contributed by atoms with Crippen molar-refractivity contribution >= 4 is 39.0 Å². The first-order chi connectivity index (χ1) is 10.1. The number of nitrogens with zero attached hydrogens (tertiary/aromatic N) is 2. The molecule has 0 aliphatic heterocycles. The van der Waals surface area contributed by atoms with Gasteiger partial charge in [0.1, 0.15) is 11.7 Å². The number of aromatic nitrogens is 1. The molecule has 106 valence electrons. The average Bonchev–Trinajstić information content (AvgIpc) is 2.81. The number of para-hydroxylation sites is 1. The SMILES string of the molecule is CN(/C=C/c1sc2cc(N)ccc2[n+]1C)c1ccccc1. The van der Waals surface area contributed by atoms with Crippen LogP contribution < -0.4 is 15.2 Å². The van der Waals surface area contributed by atoms with E-state index in [1.54, 1.807) is 11.3 Å². The van der Waals surface area contributed by atoms with Gasteiger partial charge in [-0.1, -0.05) is 29.5 Å². The van der Waals surface area contributed by atoms with Crippen LogP contribution in [0.1, 0.15) is 5.01 Å². The van der Waals surface area contributed by atoms with Gasteiger partial charge in [-0.2, -0.15) is 4.57 Å². The Balaban J connectivity index is 1.91. The van der Waals surface area contributed by atoms with Crippen LogP contribution in [0.2, 0.25) is 0 Å². The molecule has 0 unspecified atom stereocenters. The summed E-state index contributed by atoms with van der Waals surface area (Å²) >= 11 is 1.74. The monoisotopic (exact) mass is 296 g/mol. The fraction of sp³-hybridized carbons (Fsp3) is 0.118. The maximum absolute atomic E-state index is 5.85. The Morgan fingerprint density at radius 3 is 2.67 bits per heavy atom. The lowest BCUT2D eigenvalue weighted by molar-refractivity contribution is -0.642. The van der Waals surface area contributed by atoms with Crippen LogP contribution >= 0.6 is 11.3 Å². The smallest absolute Gasteiger partial charge is 0.263 e. The third-order valence-corrected chi connectivity index (χ3v) is 4.66. The Morgan fingerprint density at radius 1 is 1.14 bits per heavy atom. The third-order valence-electron chi connectivity index (χ3n) is 3.49. The second-order valence-corrected chi connectivity index (χ2v) is 6.05. The highest BCUT2D eigenvalue weighted by Gasteiger charge is 2.14. The van der Waals surface area contributed by atoms with Crippen molar-refractivity contribution in [3.63, 3.8) is 0 Å². The minimum atomic E-state index is 0.807. The Labute approximate surface area is 128 Å². The number of benzene rings is 2. The molecule has 0 amide bonds. The summed E-state index contributed by atoms with van der Waals surface area (Å²) in [7, 11) is 4.13. The Hall–Kier alpha value is -2.33. The van der Waals surface area contributed by atoms with E-state index in [0.29, 0.717) is 0 Å². The molecule has 0 bridgehead atoms. The number of anilines is 2. The minimum absolute atomic E-state index is 0.807. The molecule has 2 aromatic carbocycles. The normalized spacial score (nSPS) is 11.3. The molecule has 0 atom stereocenters. The van der Waals surface area contributed by atoms with Crippen molar-refractivity contribution in [2.75, 3.05) is 17.7 Å². The van der Waals surface area contributed by atoms with Crippen LogP contribution in [0, 0.1) is 0 Å². The van der Waals surface area contributed by atoms with Crippen molar-refractivity contribution in [2.24, 2.45) is 7.05 Å². The summed E-state index contributed by atoms with van der Waals surface area (Å²) in [5.41, 5.74) is 9.03. The Kier molecular flexibility index (Phi) is 3.62. The van der Waals surface area contributed by atoms with Crippen LogP contribution in [0.4, 0.5) is 11.4 Å². The average molecular weight is 296 g/mol. The summed E-state index contributed by atoms with van der Waals surface area (Å²) in [4.78, 5) is 2.11. The van der Waals surface area contributed by atoms with E-state index in [4.69, 9.17) is 5.73 Å². The number of fused-ring (bicyclic) bond motifs is 1. The van der Waals surface area contributed by atoms with Gasteiger partial charge >= 0.3 is 0 Å². The standard InChI is InChI=1S/C17H18N3S/c1-19(14-6-4-3-5-7-14)11-10-17-20(2)15-9-8-13(18)12-16(15)21-17/h3-12H,18H2,1-2H3/q+1. The molecule has 2 N–H and O–H groups in total. The molecule has 0 aliphatic carbocycles. The molecule has 4 heteroatoms. The molecule has 3 aromatic rings. The fourth-order valence-electron chi connectivity index (χ4n) is 2.26.